The molecule has 1 aromatic rings. The molecule has 2 rings (SSSR count). The van der Waals surface area contributed by atoms with Gasteiger partial charge in [-0.25, -0.2) is 9.78 Å². The summed E-state index contributed by atoms with van der Waals surface area (Å²) in [6, 6.07) is -0.335. The van der Waals surface area contributed by atoms with Crippen molar-refractivity contribution in [2.45, 2.75) is 57.0 Å². The first kappa shape index (κ1) is 15.8. The van der Waals surface area contributed by atoms with Crippen molar-refractivity contribution < 1.29 is 14.7 Å². The molecule has 21 heavy (non-hydrogen) atoms. The zero-order valence-electron chi connectivity index (χ0n) is 12.3. The Bertz CT molecular complexity index is 508. The van der Waals surface area contributed by atoms with E-state index < -0.39 is 17.0 Å². The number of hydrogen-bond donors (Lipinski definition) is 3. The molecule has 1 aliphatic rings. The third-order valence-electron chi connectivity index (χ3n) is 3.82. The van der Waals surface area contributed by atoms with Crippen molar-refractivity contribution in [1.82, 2.24) is 15.6 Å². The number of hydrogen-bond acceptors (Lipinski definition) is 4. The van der Waals surface area contributed by atoms with Crippen LogP contribution in [0.15, 0.2) is 11.6 Å². The average Bonchev–Trinajstić information content (AvgIpc) is 2.98. The summed E-state index contributed by atoms with van der Waals surface area (Å²) in [6.07, 6.45) is 4.99. The highest BCUT2D eigenvalue weighted by Crippen LogP contribution is 2.33. The predicted octanol–water partition coefficient (Wildman–Crippen LogP) is 2.46. The molecule has 1 saturated carbocycles. The summed E-state index contributed by atoms with van der Waals surface area (Å²) < 4.78 is 0. The monoisotopic (exact) mass is 311 g/mol. The number of aliphatic carboxylic acids is 1. The molecule has 1 fully saturated rings. The third kappa shape index (κ3) is 3.93. The fourth-order valence-corrected chi connectivity index (χ4v) is 3.55. The van der Waals surface area contributed by atoms with E-state index in [9.17, 15) is 9.59 Å². The fourth-order valence-electron chi connectivity index (χ4n) is 2.83. The second-order valence-electron chi connectivity index (χ2n) is 6.10. The van der Waals surface area contributed by atoms with E-state index in [1.807, 2.05) is 19.2 Å². The average molecular weight is 311 g/mol. The molecule has 0 spiro atoms. The van der Waals surface area contributed by atoms with Gasteiger partial charge in [-0.2, -0.15) is 0 Å². The summed E-state index contributed by atoms with van der Waals surface area (Å²) >= 11 is 1.48. The van der Waals surface area contributed by atoms with Crippen LogP contribution in [0.2, 0.25) is 0 Å². The van der Waals surface area contributed by atoms with Gasteiger partial charge in [-0.1, -0.05) is 12.8 Å². The van der Waals surface area contributed by atoms with Gasteiger partial charge in [0, 0.05) is 11.6 Å². The van der Waals surface area contributed by atoms with E-state index in [1.54, 1.807) is 6.20 Å². The lowest BCUT2D eigenvalue weighted by Gasteiger charge is -2.31. The van der Waals surface area contributed by atoms with Gasteiger partial charge < -0.3 is 15.7 Å². The largest absolute Gasteiger partial charge is 0.481 e. The number of nitrogens with zero attached hydrogens (tertiary/aromatic N) is 1. The van der Waals surface area contributed by atoms with E-state index >= 15 is 0 Å². The van der Waals surface area contributed by atoms with Crippen molar-refractivity contribution in [1.29, 1.82) is 0 Å². The number of carboxylic acids is 1. The van der Waals surface area contributed by atoms with Crippen LogP contribution in [0, 0.1) is 0 Å². The Balaban J connectivity index is 2.01. The number of amides is 2. The summed E-state index contributed by atoms with van der Waals surface area (Å²) in [4.78, 5) is 27.5. The highest BCUT2D eigenvalue weighted by Gasteiger charge is 2.38. The van der Waals surface area contributed by atoms with E-state index in [-0.39, 0.29) is 12.5 Å². The molecular weight excluding hydrogens is 290 g/mol. The van der Waals surface area contributed by atoms with Crippen LogP contribution in [0.5, 0.6) is 0 Å². The fraction of sp³-hybridized carbons (Fsp3) is 0.643. The first-order valence-corrected chi connectivity index (χ1v) is 7.93. The Labute approximate surface area is 128 Å². The summed E-state index contributed by atoms with van der Waals surface area (Å²) in [5.41, 5.74) is -1.20. The molecule has 0 saturated heterocycles. The molecule has 7 heteroatoms. The zero-order valence-corrected chi connectivity index (χ0v) is 13.1. The molecule has 116 valence electrons. The van der Waals surface area contributed by atoms with Crippen molar-refractivity contribution >= 4 is 23.3 Å². The van der Waals surface area contributed by atoms with E-state index in [4.69, 9.17) is 5.11 Å². The van der Waals surface area contributed by atoms with Crippen LogP contribution in [0.3, 0.4) is 0 Å². The lowest BCUT2D eigenvalue weighted by atomic mass is 9.93. The van der Waals surface area contributed by atoms with Crippen LogP contribution in [0.1, 0.15) is 51.0 Å². The molecule has 0 atom stereocenters. The van der Waals surface area contributed by atoms with E-state index in [0.717, 1.165) is 17.8 Å². The van der Waals surface area contributed by atoms with Crippen LogP contribution in [0.25, 0.3) is 0 Å². The summed E-state index contributed by atoms with van der Waals surface area (Å²) in [5, 5.41) is 17.5. The van der Waals surface area contributed by atoms with Gasteiger partial charge in [-0.3, -0.25) is 4.79 Å². The number of rotatable bonds is 5. The predicted molar refractivity (Wildman–Crippen MR) is 80.3 cm³/mol. The van der Waals surface area contributed by atoms with Crippen LogP contribution >= 0.6 is 11.3 Å². The molecule has 3 N–H and O–H groups in total. The first-order valence-electron chi connectivity index (χ1n) is 7.05. The molecule has 0 radical (unpaired) electrons. The van der Waals surface area contributed by atoms with Gasteiger partial charge in [0.05, 0.1) is 17.5 Å². The SMILES string of the molecule is CC(C)(NC(=O)NC1(CC(=O)O)CCCC1)c1nccs1. The van der Waals surface area contributed by atoms with Crippen molar-refractivity contribution in [2.24, 2.45) is 0 Å². The Hall–Kier alpha value is -1.63. The van der Waals surface area contributed by atoms with Crippen LogP contribution < -0.4 is 10.6 Å². The van der Waals surface area contributed by atoms with E-state index in [1.165, 1.54) is 11.3 Å². The zero-order chi connectivity index (χ0) is 15.5. The molecule has 0 aliphatic heterocycles. The van der Waals surface area contributed by atoms with Crippen LogP contribution in [0.4, 0.5) is 4.79 Å². The number of aromatic nitrogens is 1. The number of carbonyl (C=O) groups excluding carboxylic acids is 1. The van der Waals surface area contributed by atoms with Gasteiger partial charge in [0.2, 0.25) is 0 Å². The van der Waals surface area contributed by atoms with Gasteiger partial charge in [0.25, 0.3) is 0 Å². The molecule has 1 heterocycles. The molecule has 0 unspecified atom stereocenters. The number of carbonyl (C=O) groups is 2. The Morgan fingerprint density at radius 1 is 1.43 bits per heavy atom. The standard InChI is InChI=1S/C14H21N3O3S/c1-13(2,11-15-7-8-21-11)16-12(20)17-14(9-10(18)19)5-3-4-6-14/h7-8H,3-6,9H2,1-2H3,(H,18,19)(H2,16,17,20). The lowest BCUT2D eigenvalue weighted by Crippen LogP contribution is -2.55. The van der Waals surface area contributed by atoms with Crippen molar-refractivity contribution in [2.75, 3.05) is 0 Å². The summed E-state index contributed by atoms with van der Waals surface area (Å²) in [6.45, 7) is 3.76. The normalized spacial score (nSPS) is 17.4. The summed E-state index contributed by atoms with van der Waals surface area (Å²) in [7, 11) is 0. The molecule has 1 aromatic heterocycles. The maximum atomic E-state index is 12.3. The second-order valence-corrected chi connectivity index (χ2v) is 6.99. The minimum atomic E-state index is -0.878. The molecule has 0 aromatic carbocycles. The minimum Gasteiger partial charge on any atom is -0.481 e. The Morgan fingerprint density at radius 2 is 2.10 bits per heavy atom. The smallest absolute Gasteiger partial charge is 0.315 e. The maximum Gasteiger partial charge on any atom is 0.315 e. The molecule has 2 amide bonds. The molecule has 0 bridgehead atoms. The maximum absolute atomic E-state index is 12.3. The lowest BCUT2D eigenvalue weighted by molar-refractivity contribution is -0.138. The Kier molecular flexibility index (Phi) is 4.51. The van der Waals surface area contributed by atoms with Crippen LogP contribution in [-0.2, 0) is 10.3 Å². The topological polar surface area (TPSA) is 91.3 Å². The van der Waals surface area contributed by atoms with Crippen molar-refractivity contribution in [3.8, 4) is 0 Å². The molecular formula is C14H21N3O3S. The number of thiazole rings is 1. The number of nitrogens with one attached hydrogen (secondary N) is 2. The van der Waals surface area contributed by atoms with Gasteiger partial charge in [0.1, 0.15) is 5.01 Å². The van der Waals surface area contributed by atoms with E-state index in [2.05, 4.69) is 15.6 Å². The quantitative estimate of drug-likeness (QED) is 0.779. The van der Waals surface area contributed by atoms with Crippen molar-refractivity contribution in [3.63, 3.8) is 0 Å². The number of urea groups is 1. The first-order chi connectivity index (χ1) is 9.83. The third-order valence-corrected chi connectivity index (χ3v) is 4.92. The van der Waals surface area contributed by atoms with Crippen LogP contribution in [-0.4, -0.2) is 27.6 Å². The minimum absolute atomic E-state index is 0.0297. The summed E-state index contributed by atoms with van der Waals surface area (Å²) in [5.74, 6) is -0.878. The van der Waals surface area contributed by atoms with Gasteiger partial charge in [0.15, 0.2) is 0 Å². The number of carboxylic acid groups (broad SMARTS) is 1. The van der Waals surface area contributed by atoms with Crippen molar-refractivity contribution in [3.05, 3.63) is 16.6 Å². The second kappa shape index (κ2) is 6.01. The Morgan fingerprint density at radius 3 is 2.62 bits per heavy atom. The van der Waals surface area contributed by atoms with Gasteiger partial charge in [-0.15, -0.1) is 11.3 Å². The highest BCUT2D eigenvalue weighted by atomic mass is 32.1. The highest BCUT2D eigenvalue weighted by molar-refractivity contribution is 7.09. The van der Waals surface area contributed by atoms with Gasteiger partial charge in [-0.05, 0) is 26.7 Å². The molecule has 1 aliphatic carbocycles. The van der Waals surface area contributed by atoms with Gasteiger partial charge >= 0.3 is 12.0 Å². The molecule has 6 nitrogen and oxygen atoms in total. The van der Waals surface area contributed by atoms with E-state index in [0.29, 0.717) is 12.8 Å².